The van der Waals surface area contributed by atoms with Crippen LogP contribution in [0.25, 0.3) is 88.5 Å². The third kappa shape index (κ3) is 8.13. The first kappa shape index (κ1) is 46.0. The molecule has 354 valence electrons. The summed E-state index contributed by atoms with van der Waals surface area (Å²) in [5, 5.41) is 1.93. The van der Waals surface area contributed by atoms with Crippen LogP contribution in [0.3, 0.4) is 0 Å². The van der Waals surface area contributed by atoms with Crippen molar-refractivity contribution in [1.82, 2.24) is 14.1 Å². The monoisotopic (exact) mass is 977 g/mol. The third-order valence-electron chi connectivity index (χ3n) is 12.0. The minimum absolute atomic E-state index is 0.0356. The van der Waals surface area contributed by atoms with Crippen LogP contribution in [-0.2, 0) is 30.9 Å². The van der Waals surface area contributed by atoms with Crippen molar-refractivity contribution in [3.63, 3.8) is 0 Å². The maximum atomic E-state index is 14.6. The molecule has 0 aliphatic carbocycles. The van der Waals surface area contributed by atoms with E-state index in [4.69, 9.17) is 4.98 Å². The fourth-order valence-electron chi connectivity index (χ4n) is 8.88. The van der Waals surface area contributed by atoms with Crippen LogP contribution in [0.2, 0.25) is 0 Å². The zero-order valence-corrected chi connectivity index (χ0v) is 35.0. The van der Waals surface area contributed by atoms with E-state index in [1.807, 2.05) is 0 Å². The lowest BCUT2D eigenvalue weighted by Crippen LogP contribution is -2.11. The predicted molar refractivity (Wildman–Crippen MR) is 234 cm³/mol. The van der Waals surface area contributed by atoms with Gasteiger partial charge in [-0.25, -0.2) is 4.98 Å². The maximum absolute atomic E-state index is 14.6. The molecule has 0 radical (unpaired) electrons. The van der Waals surface area contributed by atoms with Crippen LogP contribution in [0.15, 0.2) is 158 Å². The second-order valence-corrected chi connectivity index (χ2v) is 16.4. The number of hydrogen-bond donors (Lipinski definition) is 0. The summed E-state index contributed by atoms with van der Waals surface area (Å²) in [6.07, 6.45) is -24.5. The van der Waals surface area contributed by atoms with E-state index >= 15 is 0 Å². The second-order valence-electron chi connectivity index (χ2n) is 16.4. The Balaban J connectivity index is 1.28. The minimum Gasteiger partial charge on any atom is -0.307 e. The van der Waals surface area contributed by atoms with Crippen LogP contribution in [0.1, 0.15) is 27.8 Å². The molecule has 0 saturated heterocycles. The molecule has 70 heavy (non-hydrogen) atoms. The Bertz CT molecular complexity index is 3650. The van der Waals surface area contributed by atoms with Crippen molar-refractivity contribution in [1.29, 1.82) is 0 Å². The van der Waals surface area contributed by atoms with E-state index in [0.717, 1.165) is 12.1 Å². The number of alkyl halides is 15. The molecule has 0 spiro atoms. The normalized spacial score (nSPS) is 13.1. The molecule has 0 aliphatic heterocycles. The number of halogens is 15. The van der Waals surface area contributed by atoms with Crippen LogP contribution in [0.4, 0.5) is 65.9 Å². The van der Waals surface area contributed by atoms with Crippen molar-refractivity contribution < 1.29 is 65.9 Å². The number of aromatic nitrogens is 3. The van der Waals surface area contributed by atoms with Gasteiger partial charge in [-0.15, -0.1) is 0 Å². The first-order chi connectivity index (χ1) is 32.8. The van der Waals surface area contributed by atoms with E-state index in [1.165, 1.54) is 47.2 Å². The lowest BCUT2D eigenvalue weighted by Gasteiger charge is -2.19. The van der Waals surface area contributed by atoms with Gasteiger partial charge in [0, 0.05) is 27.1 Å². The molecule has 7 aromatic carbocycles. The number of pyridine rings is 1. The van der Waals surface area contributed by atoms with E-state index in [1.54, 1.807) is 71.3 Å². The molecular weight excluding hydrogens is 952 g/mol. The molecule has 0 saturated carbocycles. The molecular formula is C52H26F15N3. The van der Waals surface area contributed by atoms with Crippen LogP contribution in [0, 0.1) is 0 Å². The molecule has 3 heterocycles. The van der Waals surface area contributed by atoms with E-state index in [-0.39, 0.29) is 51.4 Å². The van der Waals surface area contributed by atoms with Gasteiger partial charge in [-0.2, -0.15) is 65.9 Å². The van der Waals surface area contributed by atoms with Gasteiger partial charge < -0.3 is 4.57 Å². The van der Waals surface area contributed by atoms with Crippen molar-refractivity contribution in [2.45, 2.75) is 30.9 Å². The van der Waals surface area contributed by atoms with E-state index < -0.39 is 69.8 Å². The lowest BCUT2D eigenvalue weighted by atomic mass is 9.97. The second kappa shape index (κ2) is 15.9. The minimum atomic E-state index is -5.30. The number of rotatable bonds is 5. The van der Waals surface area contributed by atoms with Crippen LogP contribution >= 0.6 is 0 Å². The topological polar surface area (TPSA) is 22.8 Å². The van der Waals surface area contributed by atoms with Crippen LogP contribution < -0.4 is 0 Å². The van der Waals surface area contributed by atoms with Gasteiger partial charge in [0.25, 0.3) is 0 Å². The van der Waals surface area contributed by atoms with Crippen molar-refractivity contribution in [2.24, 2.45) is 0 Å². The standard InChI is InChI=1S/C52H26F15N3/c53-48(54,55)32-7-5-6-27(16-32)28-12-14-40-38-9-2-4-11-43(38)70(45(40)21-28)47-25-41(31-19-35(51(62,63)64)24-36(20-31)52(65,66)67)46(26-68-47)69-42-10-3-1-8-37(42)39-15-13-29(22-44(39)69)30-17-33(49(56,57)58)23-34(18-30)50(59,60)61/h1-26H. The Morgan fingerprint density at radius 3 is 1.20 bits per heavy atom. The number of para-hydroxylation sites is 2. The highest BCUT2D eigenvalue weighted by atomic mass is 19.4. The molecule has 0 aliphatic rings. The quantitative estimate of drug-likeness (QED) is 0.158. The SMILES string of the molecule is FC(F)(F)c1cccc(-c2ccc3c4ccccc4n(-c4cc(-c5cc(C(F)(F)F)cc(C(F)(F)F)c5)c(-n5c6ccccc6c6ccc(-c7cc(C(F)(F)F)cc(C(F)(F)F)c7)cc65)cn4)c3c2)c1. The Morgan fingerprint density at radius 1 is 0.300 bits per heavy atom. The third-order valence-corrected chi connectivity index (χ3v) is 12.0. The zero-order valence-electron chi connectivity index (χ0n) is 35.0. The Morgan fingerprint density at radius 2 is 0.700 bits per heavy atom. The summed E-state index contributed by atoms with van der Waals surface area (Å²) in [6.45, 7) is 0. The summed E-state index contributed by atoms with van der Waals surface area (Å²) in [5.41, 5.74) is -7.55. The van der Waals surface area contributed by atoms with Crippen molar-refractivity contribution in [3.8, 4) is 44.9 Å². The fraction of sp³-hybridized carbons (Fsp3) is 0.0962. The summed E-state index contributed by atoms with van der Waals surface area (Å²) in [6, 6.07) is 29.6. The largest absolute Gasteiger partial charge is 0.416 e. The van der Waals surface area contributed by atoms with Gasteiger partial charge >= 0.3 is 30.9 Å². The van der Waals surface area contributed by atoms with E-state index in [2.05, 4.69) is 0 Å². The molecule has 0 fully saturated rings. The summed E-state index contributed by atoms with van der Waals surface area (Å²) in [4.78, 5) is 4.73. The molecule has 3 nitrogen and oxygen atoms in total. The molecule has 18 heteroatoms. The van der Waals surface area contributed by atoms with Gasteiger partial charge in [-0.05, 0) is 107 Å². The smallest absolute Gasteiger partial charge is 0.307 e. The van der Waals surface area contributed by atoms with E-state index in [0.29, 0.717) is 62.4 Å². The Labute approximate surface area is 384 Å². The average Bonchev–Trinajstić information content (AvgIpc) is 3.82. The van der Waals surface area contributed by atoms with Crippen molar-refractivity contribution in [2.75, 3.05) is 0 Å². The van der Waals surface area contributed by atoms with Gasteiger partial charge in [0.15, 0.2) is 0 Å². The van der Waals surface area contributed by atoms with Gasteiger partial charge in [-0.1, -0.05) is 72.8 Å². The molecule has 0 amide bonds. The van der Waals surface area contributed by atoms with Gasteiger partial charge in [-0.3, -0.25) is 4.57 Å². The molecule has 10 rings (SSSR count). The molecule has 0 bridgehead atoms. The van der Waals surface area contributed by atoms with Crippen LogP contribution in [0.5, 0.6) is 0 Å². The number of nitrogens with zero attached hydrogens (tertiary/aromatic N) is 3. The van der Waals surface area contributed by atoms with Crippen molar-refractivity contribution >= 4 is 43.6 Å². The summed E-state index contributed by atoms with van der Waals surface area (Å²) in [7, 11) is 0. The highest BCUT2D eigenvalue weighted by molar-refractivity contribution is 6.12. The first-order valence-electron chi connectivity index (χ1n) is 20.7. The van der Waals surface area contributed by atoms with Crippen molar-refractivity contribution in [3.05, 3.63) is 186 Å². The maximum Gasteiger partial charge on any atom is 0.416 e. The predicted octanol–water partition coefficient (Wildman–Crippen LogP) is 17.4. The van der Waals surface area contributed by atoms with E-state index in [9.17, 15) is 65.9 Å². The molecule has 0 N–H and O–H groups in total. The highest BCUT2D eigenvalue weighted by Gasteiger charge is 2.39. The van der Waals surface area contributed by atoms with Gasteiger partial charge in [0.1, 0.15) is 5.82 Å². The molecule has 3 aromatic heterocycles. The lowest BCUT2D eigenvalue weighted by molar-refractivity contribution is -0.144. The zero-order chi connectivity index (χ0) is 49.9. The van der Waals surface area contributed by atoms with Gasteiger partial charge in [0.2, 0.25) is 0 Å². The summed E-state index contributed by atoms with van der Waals surface area (Å²) < 4.78 is 216. The molecule has 0 atom stereocenters. The first-order valence-corrected chi connectivity index (χ1v) is 20.7. The van der Waals surface area contributed by atoms with Crippen LogP contribution in [-0.4, -0.2) is 14.1 Å². The molecule has 0 unspecified atom stereocenters. The Kier molecular flexibility index (Phi) is 10.4. The molecule has 10 aromatic rings. The van der Waals surface area contributed by atoms with Gasteiger partial charge in [0.05, 0.1) is 61.8 Å². The average molecular weight is 978 g/mol. The summed E-state index contributed by atoms with van der Waals surface area (Å²) >= 11 is 0. The Hall–Kier alpha value is -7.76. The fourth-order valence-corrected chi connectivity index (χ4v) is 8.88. The number of hydrogen-bond acceptors (Lipinski definition) is 1. The number of benzene rings is 7. The summed E-state index contributed by atoms with van der Waals surface area (Å²) in [5.74, 6) is -0.0674. The highest BCUT2D eigenvalue weighted by Crippen LogP contribution is 2.45. The number of fused-ring (bicyclic) bond motifs is 6.